The molecule has 0 bridgehead atoms. The molecule has 0 atom stereocenters. The van der Waals surface area contributed by atoms with Crippen LogP contribution >= 0.6 is 11.8 Å². The first-order chi connectivity index (χ1) is 9.66. The molecule has 2 aromatic heterocycles. The standard InChI is InChI=1S/C14H14N2O3S/c1-9-11(10(2)19-15-9)8-13-16(5-7-20-13)14(17)12-4-3-6-18-12/h3-4,6,8H,5,7H2,1-2H3/b13-8+. The van der Waals surface area contributed by atoms with E-state index < -0.39 is 0 Å². The van der Waals surface area contributed by atoms with Crippen molar-refractivity contribution in [3.05, 3.63) is 46.2 Å². The Morgan fingerprint density at radius 1 is 1.50 bits per heavy atom. The molecule has 0 saturated carbocycles. The molecule has 1 fully saturated rings. The first kappa shape index (κ1) is 13.1. The maximum atomic E-state index is 12.4. The molecule has 3 heterocycles. The lowest BCUT2D eigenvalue weighted by Gasteiger charge is -2.15. The second-order valence-electron chi connectivity index (χ2n) is 4.50. The molecule has 20 heavy (non-hydrogen) atoms. The van der Waals surface area contributed by atoms with Gasteiger partial charge in [-0.2, -0.15) is 0 Å². The maximum absolute atomic E-state index is 12.4. The van der Waals surface area contributed by atoms with Gasteiger partial charge in [-0.25, -0.2) is 0 Å². The molecule has 1 saturated heterocycles. The van der Waals surface area contributed by atoms with Gasteiger partial charge < -0.3 is 8.94 Å². The molecule has 5 nitrogen and oxygen atoms in total. The first-order valence-electron chi connectivity index (χ1n) is 6.29. The van der Waals surface area contributed by atoms with Crippen LogP contribution in [0, 0.1) is 13.8 Å². The van der Waals surface area contributed by atoms with Crippen LogP contribution < -0.4 is 0 Å². The monoisotopic (exact) mass is 290 g/mol. The Hall–Kier alpha value is -1.95. The van der Waals surface area contributed by atoms with Gasteiger partial charge in [0.1, 0.15) is 5.76 Å². The maximum Gasteiger partial charge on any atom is 0.294 e. The van der Waals surface area contributed by atoms with Crippen LogP contribution in [-0.2, 0) is 0 Å². The summed E-state index contributed by atoms with van der Waals surface area (Å²) >= 11 is 1.65. The van der Waals surface area contributed by atoms with Crippen LogP contribution in [0.25, 0.3) is 6.08 Å². The molecule has 0 spiro atoms. The largest absolute Gasteiger partial charge is 0.459 e. The Balaban J connectivity index is 1.91. The highest BCUT2D eigenvalue weighted by Gasteiger charge is 2.27. The summed E-state index contributed by atoms with van der Waals surface area (Å²) in [5.41, 5.74) is 1.76. The molecule has 1 amide bonds. The van der Waals surface area contributed by atoms with E-state index >= 15 is 0 Å². The van der Waals surface area contributed by atoms with Gasteiger partial charge in [0.05, 0.1) is 17.0 Å². The van der Waals surface area contributed by atoms with Gasteiger partial charge in [0.15, 0.2) is 5.76 Å². The Bertz CT molecular complexity index is 639. The molecule has 0 radical (unpaired) electrons. The fraction of sp³-hybridized carbons (Fsp3) is 0.286. The molecular weight excluding hydrogens is 276 g/mol. The minimum atomic E-state index is -0.113. The summed E-state index contributed by atoms with van der Waals surface area (Å²) in [6.45, 7) is 4.44. The van der Waals surface area contributed by atoms with E-state index in [9.17, 15) is 4.79 Å². The van der Waals surface area contributed by atoms with Crippen LogP contribution in [0.15, 0.2) is 32.4 Å². The third-order valence-electron chi connectivity index (χ3n) is 3.16. The number of carbonyl (C=O) groups excluding carboxylic acids is 1. The summed E-state index contributed by atoms with van der Waals surface area (Å²) in [7, 11) is 0. The zero-order valence-electron chi connectivity index (χ0n) is 11.3. The molecule has 3 rings (SSSR count). The lowest BCUT2D eigenvalue weighted by atomic mass is 10.2. The Labute approximate surface area is 120 Å². The molecule has 2 aromatic rings. The van der Waals surface area contributed by atoms with Crippen LogP contribution in [0.1, 0.15) is 27.6 Å². The highest BCUT2D eigenvalue weighted by Crippen LogP contribution is 2.32. The number of furan rings is 1. The van der Waals surface area contributed by atoms with E-state index in [0.717, 1.165) is 27.8 Å². The zero-order chi connectivity index (χ0) is 14.1. The lowest BCUT2D eigenvalue weighted by Crippen LogP contribution is -2.26. The van der Waals surface area contributed by atoms with Gasteiger partial charge in [-0.3, -0.25) is 9.69 Å². The fourth-order valence-electron chi connectivity index (χ4n) is 2.10. The summed E-state index contributed by atoms with van der Waals surface area (Å²) in [6, 6.07) is 3.40. The van der Waals surface area contributed by atoms with Crippen LogP contribution in [0.2, 0.25) is 0 Å². The third kappa shape index (κ3) is 2.27. The van der Waals surface area contributed by atoms with Crippen molar-refractivity contribution in [1.82, 2.24) is 10.1 Å². The number of aromatic nitrogens is 1. The summed E-state index contributed by atoms with van der Waals surface area (Å²) in [5.74, 6) is 1.88. The van der Waals surface area contributed by atoms with Crippen molar-refractivity contribution in [2.45, 2.75) is 13.8 Å². The minimum Gasteiger partial charge on any atom is -0.459 e. The number of amides is 1. The number of hydrogen-bond donors (Lipinski definition) is 0. The molecule has 0 unspecified atom stereocenters. The molecule has 1 aliphatic heterocycles. The SMILES string of the molecule is Cc1noc(C)c1/C=C1/SCCN1C(=O)c1ccco1. The van der Waals surface area contributed by atoms with Crippen LogP contribution in [0.5, 0.6) is 0 Å². The first-order valence-corrected chi connectivity index (χ1v) is 7.28. The van der Waals surface area contributed by atoms with Gasteiger partial charge in [0, 0.05) is 17.9 Å². The highest BCUT2D eigenvalue weighted by molar-refractivity contribution is 8.03. The Morgan fingerprint density at radius 2 is 2.35 bits per heavy atom. The summed E-state index contributed by atoms with van der Waals surface area (Å²) in [5, 5.41) is 4.83. The Kier molecular flexibility index (Phi) is 3.40. The van der Waals surface area contributed by atoms with E-state index in [4.69, 9.17) is 8.94 Å². The van der Waals surface area contributed by atoms with Gasteiger partial charge in [0.25, 0.3) is 5.91 Å². The molecular formula is C14H14N2O3S. The van der Waals surface area contributed by atoms with Crippen molar-refractivity contribution in [3.63, 3.8) is 0 Å². The van der Waals surface area contributed by atoms with Gasteiger partial charge in [-0.15, -0.1) is 11.8 Å². The molecule has 0 N–H and O–H groups in total. The fourth-order valence-corrected chi connectivity index (χ4v) is 3.12. The molecule has 6 heteroatoms. The predicted molar refractivity (Wildman–Crippen MR) is 76.2 cm³/mol. The zero-order valence-corrected chi connectivity index (χ0v) is 12.1. The van der Waals surface area contributed by atoms with Crippen molar-refractivity contribution in [1.29, 1.82) is 0 Å². The lowest BCUT2D eigenvalue weighted by molar-refractivity contribution is 0.0800. The van der Waals surface area contributed by atoms with Crippen molar-refractivity contribution >= 4 is 23.7 Å². The number of nitrogens with zero attached hydrogens (tertiary/aromatic N) is 2. The molecule has 0 aliphatic carbocycles. The van der Waals surface area contributed by atoms with Gasteiger partial charge >= 0.3 is 0 Å². The van der Waals surface area contributed by atoms with E-state index in [2.05, 4.69) is 5.16 Å². The summed E-state index contributed by atoms with van der Waals surface area (Å²) in [6.07, 6.45) is 3.47. The van der Waals surface area contributed by atoms with Gasteiger partial charge in [-0.05, 0) is 32.1 Å². The Morgan fingerprint density at radius 3 is 3.00 bits per heavy atom. The van der Waals surface area contributed by atoms with E-state index in [0.29, 0.717) is 12.3 Å². The smallest absolute Gasteiger partial charge is 0.294 e. The van der Waals surface area contributed by atoms with Crippen molar-refractivity contribution in [2.24, 2.45) is 0 Å². The van der Waals surface area contributed by atoms with E-state index in [1.807, 2.05) is 19.9 Å². The van der Waals surface area contributed by atoms with Crippen LogP contribution in [0.4, 0.5) is 0 Å². The van der Waals surface area contributed by atoms with Gasteiger partial charge in [0.2, 0.25) is 0 Å². The molecule has 0 aromatic carbocycles. The third-order valence-corrected chi connectivity index (χ3v) is 4.19. The van der Waals surface area contributed by atoms with Crippen LogP contribution in [-0.4, -0.2) is 28.3 Å². The van der Waals surface area contributed by atoms with Crippen molar-refractivity contribution in [3.8, 4) is 0 Å². The molecule has 104 valence electrons. The van der Waals surface area contributed by atoms with Crippen molar-refractivity contribution in [2.75, 3.05) is 12.3 Å². The van der Waals surface area contributed by atoms with Gasteiger partial charge in [-0.1, -0.05) is 5.16 Å². The number of rotatable bonds is 2. The number of hydrogen-bond acceptors (Lipinski definition) is 5. The number of aryl methyl sites for hydroxylation is 2. The van der Waals surface area contributed by atoms with E-state index in [1.165, 1.54) is 6.26 Å². The highest BCUT2D eigenvalue weighted by atomic mass is 32.2. The predicted octanol–water partition coefficient (Wildman–Crippen LogP) is 3.07. The topological polar surface area (TPSA) is 59.5 Å². The van der Waals surface area contributed by atoms with E-state index in [1.54, 1.807) is 28.8 Å². The second-order valence-corrected chi connectivity index (χ2v) is 5.62. The summed E-state index contributed by atoms with van der Waals surface area (Å²) in [4.78, 5) is 14.1. The average molecular weight is 290 g/mol. The number of thioether (sulfide) groups is 1. The second kappa shape index (κ2) is 5.20. The normalized spacial score (nSPS) is 17.1. The van der Waals surface area contributed by atoms with Crippen molar-refractivity contribution < 1.29 is 13.7 Å². The minimum absolute atomic E-state index is 0.113. The van der Waals surface area contributed by atoms with E-state index in [-0.39, 0.29) is 5.91 Å². The number of carbonyl (C=O) groups is 1. The summed E-state index contributed by atoms with van der Waals surface area (Å²) < 4.78 is 10.3. The quantitative estimate of drug-likeness (QED) is 0.850. The van der Waals surface area contributed by atoms with Crippen LogP contribution in [0.3, 0.4) is 0 Å². The average Bonchev–Trinajstić information content (AvgIpc) is 3.15. The molecule has 1 aliphatic rings.